The Balaban J connectivity index is 2.61. The molecule has 0 aliphatic carbocycles. The molecule has 0 saturated carbocycles. The van der Waals surface area contributed by atoms with E-state index in [1.54, 1.807) is 19.1 Å². The number of rotatable bonds is 5. The van der Waals surface area contributed by atoms with Gasteiger partial charge in [0.25, 0.3) is 0 Å². The molecule has 0 spiro atoms. The normalized spacial score (nSPS) is 14.1. The molecule has 14 heavy (non-hydrogen) atoms. The molecule has 0 aliphatic rings. The van der Waals surface area contributed by atoms with E-state index in [2.05, 4.69) is 4.72 Å². The van der Waals surface area contributed by atoms with E-state index in [1.807, 2.05) is 6.92 Å². The molecule has 1 aromatic rings. The van der Waals surface area contributed by atoms with Gasteiger partial charge in [0.1, 0.15) is 5.76 Å². The van der Waals surface area contributed by atoms with Crippen molar-refractivity contribution in [3.63, 3.8) is 0 Å². The van der Waals surface area contributed by atoms with Gasteiger partial charge >= 0.3 is 0 Å². The molecule has 0 radical (unpaired) electrons. The van der Waals surface area contributed by atoms with Gasteiger partial charge in [-0.15, -0.1) is 0 Å². The quantitative estimate of drug-likeness (QED) is 0.816. The summed E-state index contributed by atoms with van der Waals surface area (Å²) in [6.07, 6.45) is 2.14. The summed E-state index contributed by atoms with van der Waals surface area (Å²) in [7, 11) is -3.17. The maximum atomic E-state index is 11.4. The van der Waals surface area contributed by atoms with Crippen LogP contribution in [0.2, 0.25) is 0 Å². The van der Waals surface area contributed by atoms with Crippen LogP contribution in [0.15, 0.2) is 22.8 Å². The molecule has 1 rings (SSSR count). The Bertz CT molecular complexity index is 355. The molecule has 0 aliphatic heterocycles. The predicted molar refractivity (Wildman–Crippen MR) is 54.3 cm³/mol. The van der Waals surface area contributed by atoms with E-state index in [-0.39, 0.29) is 11.8 Å². The topological polar surface area (TPSA) is 59.3 Å². The van der Waals surface area contributed by atoms with Crippen LogP contribution in [0.25, 0.3) is 0 Å². The van der Waals surface area contributed by atoms with Gasteiger partial charge < -0.3 is 4.42 Å². The van der Waals surface area contributed by atoms with Crippen molar-refractivity contribution in [3.8, 4) is 0 Å². The fraction of sp³-hybridized carbons (Fsp3) is 0.556. The van der Waals surface area contributed by atoms with E-state index in [0.717, 1.165) is 0 Å². The Kier molecular flexibility index (Phi) is 3.71. The van der Waals surface area contributed by atoms with Crippen LogP contribution in [0.1, 0.15) is 32.1 Å². The maximum Gasteiger partial charge on any atom is 0.212 e. The lowest BCUT2D eigenvalue weighted by atomic mass is 10.3. The van der Waals surface area contributed by atoms with E-state index >= 15 is 0 Å². The smallest absolute Gasteiger partial charge is 0.212 e. The van der Waals surface area contributed by atoms with Gasteiger partial charge in [-0.3, -0.25) is 0 Å². The second kappa shape index (κ2) is 4.61. The maximum absolute atomic E-state index is 11.4. The monoisotopic (exact) mass is 217 g/mol. The molecule has 1 heterocycles. The molecule has 1 N–H and O–H groups in total. The molecule has 0 amide bonds. The molecule has 0 fully saturated rings. The Morgan fingerprint density at radius 2 is 2.29 bits per heavy atom. The van der Waals surface area contributed by atoms with Crippen LogP contribution in [0.5, 0.6) is 0 Å². The van der Waals surface area contributed by atoms with Gasteiger partial charge in [0.05, 0.1) is 18.1 Å². The fourth-order valence-electron chi connectivity index (χ4n) is 1.19. The van der Waals surface area contributed by atoms with Gasteiger partial charge in [-0.2, -0.15) is 0 Å². The minimum atomic E-state index is -3.17. The largest absolute Gasteiger partial charge is 0.468 e. The van der Waals surface area contributed by atoms with E-state index in [0.29, 0.717) is 12.2 Å². The summed E-state index contributed by atoms with van der Waals surface area (Å²) in [6.45, 7) is 3.59. The van der Waals surface area contributed by atoms with Crippen molar-refractivity contribution in [1.29, 1.82) is 0 Å². The van der Waals surface area contributed by atoms with Crippen LogP contribution >= 0.6 is 0 Å². The van der Waals surface area contributed by atoms with Crippen LogP contribution in [-0.2, 0) is 10.0 Å². The van der Waals surface area contributed by atoms with Crippen molar-refractivity contribution in [2.45, 2.75) is 26.3 Å². The zero-order chi connectivity index (χ0) is 10.6. The van der Waals surface area contributed by atoms with Gasteiger partial charge in [0, 0.05) is 0 Å². The minimum Gasteiger partial charge on any atom is -0.468 e. The average molecular weight is 217 g/mol. The SMILES string of the molecule is CCCS(=O)(=O)N[C@H](C)c1ccco1. The molecule has 0 saturated heterocycles. The Morgan fingerprint density at radius 1 is 1.57 bits per heavy atom. The summed E-state index contributed by atoms with van der Waals surface area (Å²) in [4.78, 5) is 0. The van der Waals surface area contributed by atoms with Crippen LogP contribution < -0.4 is 4.72 Å². The first-order valence-electron chi connectivity index (χ1n) is 4.58. The Labute approximate surface area is 84.4 Å². The van der Waals surface area contributed by atoms with Gasteiger partial charge in [0.2, 0.25) is 10.0 Å². The Hall–Kier alpha value is -0.810. The lowest BCUT2D eigenvalue weighted by Gasteiger charge is -2.10. The number of nitrogens with one attached hydrogen (secondary N) is 1. The zero-order valence-corrected chi connectivity index (χ0v) is 9.17. The number of furan rings is 1. The highest BCUT2D eigenvalue weighted by atomic mass is 32.2. The van der Waals surface area contributed by atoms with E-state index in [1.165, 1.54) is 6.26 Å². The highest BCUT2D eigenvalue weighted by Crippen LogP contribution is 2.13. The highest BCUT2D eigenvalue weighted by Gasteiger charge is 2.16. The van der Waals surface area contributed by atoms with E-state index < -0.39 is 10.0 Å². The van der Waals surface area contributed by atoms with Crippen LogP contribution in [0, 0.1) is 0 Å². The van der Waals surface area contributed by atoms with E-state index in [9.17, 15) is 8.42 Å². The van der Waals surface area contributed by atoms with Gasteiger partial charge in [-0.25, -0.2) is 13.1 Å². The molecule has 4 nitrogen and oxygen atoms in total. The highest BCUT2D eigenvalue weighted by molar-refractivity contribution is 7.89. The first kappa shape index (κ1) is 11.3. The number of hydrogen-bond donors (Lipinski definition) is 1. The fourth-order valence-corrected chi connectivity index (χ4v) is 2.50. The average Bonchev–Trinajstić information content (AvgIpc) is 2.53. The Morgan fingerprint density at radius 3 is 2.79 bits per heavy atom. The first-order chi connectivity index (χ1) is 6.55. The summed E-state index contributed by atoms with van der Waals surface area (Å²) in [6, 6.07) is 3.18. The lowest BCUT2D eigenvalue weighted by molar-refractivity contribution is 0.459. The van der Waals surface area contributed by atoms with E-state index in [4.69, 9.17) is 4.42 Å². The molecule has 80 valence electrons. The number of sulfonamides is 1. The van der Waals surface area contributed by atoms with Crippen molar-refractivity contribution in [2.75, 3.05) is 5.75 Å². The summed E-state index contributed by atoms with van der Waals surface area (Å²) in [5.41, 5.74) is 0. The zero-order valence-electron chi connectivity index (χ0n) is 8.36. The van der Waals surface area contributed by atoms with Crippen LogP contribution in [0.4, 0.5) is 0 Å². The lowest BCUT2D eigenvalue weighted by Crippen LogP contribution is -2.28. The third-order valence-electron chi connectivity index (χ3n) is 1.80. The van der Waals surface area contributed by atoms with Crippen molar-refractivity contribution < 1.29 is 12.8 Å². The summed E-state index contributed by atoms with van der Waals surface area (Å²) < 4.78 is 30.4. The molecule has 1 aromatic heterocycles. The number of hydrogen-bond acceptors (Lipinski definition) is 3. The van der Waals surface area contributed by atoms with Crippen LogP contribution in [0.3, 0.4) is 0 Å². The third kappa shape index (κ3) is 3.16. The minimum absolute atomic E-state index is 0.151. The molecule has 0 unspecified atom stereocenters. The summed E-state index contributed by atoms with van der Waals surface area (Å²) in [5, 5.41) is 0. The summed E-state index contributed by atoms with van der Waals surface area (Å²) >= 11 is 0. The first-order valence-corrected chi connectivity index (χ1v) is 6.24. The molecule has 1 atom stereocenters. The van der Waals surface area contributed by atoms with Gasteiger partial charge in [-0.1, -0.05) is 6.92 Å². The van der Waals surface area contributed by atoms with Crippen molar-refractivity contribution in [3.05, 3.63) is 24.2 Å². The standard InChI is InChI=1S/C9H15NO3S/c1-3-7-14(11,12)10-8(2)9-5-4-6-13-9/h4-6,8,10H,3,7H2,1-2H3/t8-/m1/s1. The second-order valence-electron chi connectivity index (χ2n) is 3.17. The molecule has 0 aromatic carbocycles. The van der Waals surface area contributed by atoms with Crippen molar-refractivity contribution >= 4 is 10.0 Å². The third-order valence-corrected chi connectivity index (χ3v) is 3.46. The van der Waals surface area contributed by atoms with Crippen molar-refractivity contribution in [1.82, 2.24) is 4.72 Å². The van der Waals surface area contributed by atoms with Gasteiger partial charge in [-0.05, 0) is 25.5 Å². The molecular formula is C9H15NO3S. The molecule has 0 bridgehead atoms. The summed E-state index contributed by atoms with van der Waals surface area (Å²) in [5.74, 6) is 0.780. The molecule has 5 heteroatoms. The predicted octanol–water partition coefficient (Wildman–Crippen LogP) is 1.67. The van der Waals surface area contributed by atoms with Gasteiger partial charge in [0.15, 0.2) is 0 Å². The molecular weight excluding hydrogens is 202 g/mol. The second-order valence-corrected chi connectivity index (χ2v) is 5.05. The van der Waals surface area contributed by atoms with Crippen LogP contribution in [-0.4, -0.2) is 14.2 Å². The van der Waals surface area contributed by atoms with Crippen molar-refractivity contribution in [2.24, 2.45) is 0 Å².